The van der Waals surface area contributed by atoms with Crippen molar-refractivity contribution in [2.45, 2.75) is 63.1 Å². The Hall–Kier alpha value is -4.12. The summed E-state index contributed by atoms with van der Waals surface area (Å²) < 4.78 is 54.1. The Morgan fingerprint density at radius 3 is 2.28 bits per heavy atom. The van der Waals surface area contributed by atoms with E-state index in [-0.39, 0.29) is 41.4 Å². The van der Waals surface area contributed by atoms with Gasteiger partial charge in [0, 0.05) is 18.7 Å². The van der Waals surface area contributed by atoms with Crippen LogP contribution in [-0.4, -0.2) is 57.0 Å². The molecule has 0 aromatic heterocycles. The number of rotatable bonds is 10. The third-order valence-corrected chi connectivity index (χ3v) is 9.61. The molecule has 2 aliphatic rings. The first-order valence-corrected chi connectivity index (χ1v) is 15.9. The smallest absolute Gasteiger partial charge is 0.264 e. The molecule has 1 heterocycles. The van der Waals surface area contributed by atoms with E-state index in [2.05, 4.69) is 5.32 Å². The first kappa shape index (κ1) is 30.3. The van der Waals surface area contributed by atoms with Crippen molar-refractivity contribution in [3.8, 4) is 11.5 Å². The minimum atomic E-state index is -4.34. The van der Waals surface area contributed by atoms with Crippen LogP contribution in [0, 0.1) is 12.7 Å². The standard InChI is InChI=1S/C32H36FN3O6S/c1-22-7-9-24(10-8-22)20-35(23(2)32(38)34-26-5-3-4-6-26)31(37)21-36(27-13-11-25(33)12-14-27)43(39,40)28-15-16-29-30(19-28)42-18-17-41-29/h7-16,19,23,26H,3-6,17-18,20-21H2,1-2H3,(H,34,38)/t23-/m0/s1. The molecule has 1 N–H and O–H groups in total. The van der Waals surface area contributed by atoms with E-state index in [4.69, 9.17) is 9.47 Å². The lowest BCUT2D eigenvalue weighted by Crippen LogP contribution is -2.52. The number of nitrogens with one attached hydrogen (secondary N) is 1. The summed E-state index contributed by atoms with van der Waals surface area (Å²) in [6, 6.07) is 15.9. The maximum absolute atomic E-state index is 14.1. The molecule has 2 amide bonds. The molecule has 11 heteroatoms. The van der Waals surface area contributed by atoms with Gasteiger partial charge in [0.05, 0.1) is 10.6 Å². The van der Waals surface area contributed by atoms with E-state index < -0.39 is 34.3 Å². The van der Waals surface area contributed by atoms with Crippen LogP contribution in [0.5, 0.6) is 11.5 Å². The van der Waals surface area contributed by atoms with Crippen molar-refractivity contribution in [3.05, 3.63) is 83.7 Å². The number of ether oxygens (including phenoxy) is 2. The number of nitrogens with zero attached hydrogens (tertiary/aromatic N) is 2. The van der Waals surface area contributed by atoms with E-state index in [9.17, 15) is 22.4 Å². The van der Waals surface area contributed by atoms with Gasteiger partial charge in [0.25, 0.3) is 10.0 Å². The zero-order valence-electron chi connectivity index (χ0n) is 24.3. The summed E-state index contributed by atoms with van der Waals surface area (Å²) in [6.45, 7) is 3.70. The normalized spacial score (nSPS) is 15.5. The van der Waals surface area contributed by atoms with Gasteiger partial charge in [-0.25, -0.2) is 12.8 Å². The lowest BCUT2D eigenvalue weighted by Gasteiger charge is -2.32. The van der Waals surface area contributed by atoms with Gasteiger partial charge in [-0.3, -0.25) is 13.9 Å². The van der Waals surface area contributed by atoms with Crippen LogP contribution < -0.4 is 19.1 Å². The topological polar surface area (TPSA) is 105 Å². The molecule has 228 valence electrons. The van der Waals surface area contributed by atoms with Crippen LogP contribution in [0.3, 0.4) is 0 Å². The fourth-order valence-corrected chi connectivity index (χ4v) is 6.74. The molecule has 3 aromatic carbocycles. The summed E-state index contributed by atoms with van der Waals surface area (Å²) in [5, 5.41) is 3.05. The second-order valence-electron chi connectivity index (χ2n) is 11.0. The van der Waals surface area contributed by atoms with Crippen molar-refractivity contribution >= 4 is 27.5 Å². The van der Waals surface area contributed by atoms with Crippen LogP contribution in [0.25, 0.3) is 0 Å². The molecule has 0 unspecified atom stereocenters. The predicted molar refractivity (Wildman–Crippen MR) is 160 cm³/mol. The number of anilines is 1. The zero-order chi connectivity index (χ0) is 30.6. The highest BCUT2D eigenvalue weighted by molar-refractivity contribution is 7.92. The maximum Gasteiger partial charge on any atom is 0.264 e. The summed E-state index contributed by atoms with van der Waals surface area (Å²) >= 11 is 0. The van der Waals surface area contributed by atoms with E-state index in [1.165, 1.54) is 35.2 Å². The highest BCUT2D eigenvalue weighted by Crippen LogP contribution is 2.34. The van der Waals surface area contributed by atoms with Gasteiger partial charge in [-0.1, -0.05) is 42.7 Å². The van der Waals surface area contributed by atoms with Crippen LogP contribution in [-0.2, 0) is 26.2 Å². The van der Waals surface area contributed by atoms with Crippen LogP contribution in [0.2, 0.25) is 0 Å². The Balaban J connectivity index is 1.48. The Morgan fingerprint density at radius 2 is 1.60 bits per heavy atom. The molecule has 3 aromatic rings. The first-order valence-electron chi connectivity index (χ1n) is 14.4. The Bertz CT molecular complexity index is 1560. The molecule has 0 spiro atoms. The minimum absolute atomic E-state index is 0.0533. The highest BCUT2D eigenvalue weighted by Gasteiger charge is 2.34. The SMILES string of the molecule is Cc1ccc(CN(C(=O)CN(c2ccc(F)cc2)S(=O)(=O)c2ccc3c(c2)OCCO3)[C@@H](C)C(=O)NC2CCCC2)cc1. The number of fused-ring (bicyclic) bond motifs is 1. The van der Waals surface area contributed by atoms with E-state index >= 15 is 0 Å². The molecule has 0 radical (unpaired) electrons. The number of hydrogen-bond donors (Lipinski definition) is 1. The second-order valence-corrected chi connectivity index (χ2v) is 12.8. The molecule has 1 aliphatic heterocycles. The summed E-state index contributed by atoms with van der Waals surface area (Å²) in [5.74, 6) is -0.739. The third kappa shape index (κ3) is 7.10. The van der Waals surface area contributed by atoms with Gasteiger partial charge in [0.2, 0.25) is 11.8 Å². The van der Waals surface area contributed by atoms with Gasteiger partial charge in [-0.15, -0.1) is 0 Å². The Labute approximate surface area is 251 Å². The third-order valence-electron chi connectivity index (χ3n) is 7.84. The minimum Gasteiger partial charge on any atom is -0.486 e. The summed E-state index contributed by atoms with van der Waals surface area (Å²) in [4.78, 5) is 28.7. The number of sulfonamides is 1. The van der Waals surface area contributed by atoms with E-state index in [1.54, 1.807) is 6.92 Å². The molecule has 1 fully saturated rings. The first-order chi connectivity index (χ1) is 20.6. The number of amides is 2. The van der Waals surface area contributed by atoms with E-state index in [0.717, 1.165) is 53.2 Å². The predicted octanol–water partition coefficient (Wildman–Crippen LogP) is 4.58. The Morgan fingerprint density at radius 1 is 0.953 bits per heavy atom. The molecule has 1 aliphatic carbocycles. The maximum atomic E-state index is 14.1. The Kier molecular flexibility index (Phi) is 9.19. The molecular weight excluding hydrogens is 573 g/mol. The van der Waals surface area contributed by atoms with Gasteiger partial charge in [0.15, 0.2) is 11.5 Å². The monoisotopic (exact) mass is 609 g/mol. The van der Waals surface area contributed by atoms with E-state index in [1.807, 2.05) is 31.2 Å². The fraction of sp³-hybridized carbons (Fsp3) is 0.375. The number of carbonyl (C=O) groups is 2. The molecule has 0 saturated heterocycles. The van der Waals surface area contributed by atoms with Gasteiger partial charge in [-0.05, 0) is 68.7 Å². The number of carbonyl (C=O) groups excluding carboxylic acids is 2. The van der Waals surface area contributed by atoms with Crippen molar-refractivity contribution in [3.63, 3.8) is 0 Å². The van der Waals surface area contributed by atoms with Crippen LogP contribution >= 0.6 is 0 Å². The quantitative estimate of drug-likeness (QED) is 0.361. The van der Waals surface area contributed by atoms with Crippen LogP contribution in [0.4, 0.5) is 10.1 Å². The van der Waals surface area contributed by atoms with Crippen molar-refractivity contribution in [2.75, 3.05) is 24.1 Å². The molecule has 1 saturated carbocycles. The molecule has 0 bridgehead atoms. The summed E-state index contributed by atoms with van der Waals surface area (Å²) in [5.41, 5.74) is 1.94. The lowest BCUT2D eigenvalue weighted by atomic mass is 10.1. The fourth-order valence-electron chi connectivity index (χ4n) is 5.31. The van der Waals surface area contributed by atoms with Gasteiger partial charge < -0.3 is 19.7 Å². The average molecular weight is 610 g/mol. The summed E-state index contributed by atoms with van der Waals surface area (Å²) in [6.07, 6.45) is 3.85. The van der Waals surface area contributed by atoms with Crippen molar-refractivity contribution in [1.29, 1.82) is 0 Å². The van der Waals surface area contributed by atoms with Crippen molar-refractivity contribution in [2.24, 2.45) is 0 Å². The largest absolute Gasteiger partial charge is 0.486 e. The molecule has 43 heavy (non-hydrogen) atoms. The van der Waals surface area contributed by atoms with Gasteiger partial charge in [-0.2, -0.15) is 0 Å². The van der Waals surface area contributed by atoms with E-state index in [0.29, 0.717) is 12.4 Å². The van der Waals surface area contributed by atoms with Gasteiger partial charge >= 0.3 is 0 Å². The average Bonchev–Trinajstić information content (AvgIpc) is 3.52. The number of benzene rings is 3. The molecule has 9 nitrogen and oxygen atoms in total. The van der Waals surface area contributed by atoms with Crippen molar-refractivity contribution in [1.82, 2.24) is 10.2 Å². The summed E-state index contributed by atoms with van der Waals surface area (Å²) in [7, 11) is -4.34. The van der Waals surface area contributed by atoms with Crippen LogP contribution in [0.1, 0.15) is 43.7 Å². The lowest BCUT2D eigenvalue weighted by molar-refractivity contribution is -0.139. The van der Waals surface area contributed by atoms with Gasteiger partial charge in [0.1, 0.15) is 31.6 Å². The highest BCUT2D eigenvalue weighted by atomic mass is 32.2. The van der Waals surface area contributed by atoms with Crippen molar-refractivity contribution < 1.29 is 31.9 Å². The zero-order valence-corrected chi connectivity index (χ0v) is 25.1. The molecular formula is C32H36FN3O6S. The molecule has 1 atom stereocenters. The number of hydrogen-bond acceptors (Lipinski definition) is 6. The second kappa shape index (κ2) is 13.0. The number of halogens is 1. The molecule has 5 rings (SSSR count). The number of aryl methyl sites for hydroxylation is 1. The van der Waals surface area contributed by atoms with Crippen LogP contribution in [0.15, 0.2) is 71.6 Å².